The van der Waals surface area contributed by atoms with Crippen LogP contribution >= 0.6 is 0 Å². The molecule has 186 valence electrons. The summed E-state index contributed by atoms with van der Waals surface area (Å²) in [6.07, 6.45) is 4.41. The van der Waals surface area contributed by atoms with Crippen LogP contribution in [0.1, 0.15) is 39.9 Å². The van der Waals surface area contributed by atoms with Crippen molar-refractivity contribution in [3.63, 3.8) is 0 Å². The van der Waals surface area contributed by atoms with E-state index in [-0.39, 0.29) is 12.5 Å². The van der Waals surface area contributed by atoms with Gasteiger partial charge in [-0.25, -0.2) is 4.79 Å². The largest absolute Gasteiger partial charge is 0.452 e. The van der Waals surface area contributed by atoms with Gasteiger partial charge in [-0.2, -0.15) is 0 Å². The summed E-state index contributed by atoms with van der Waals surface area (Å²) in [6, 6.07) is 24.1. The summed E-state index contributed by atoms with van der Waals surface area (Å²) in [5, 5.41) is 2.82. The Bertz CT molecular complexity index is 1190. The number of rotatable bonds is 7. The molecule has 0 bridgehead atoms. The van der Waals surface area contributed by atoms with Crippen molar-refractivity contribution < 1.29 is 14.3 Å². The van der Waals surface area contributed by atoms with Crippen LogP contribution in [0.2, 0.25) is 0 Å². The van der Waals surface area contributed by atoms with Gasteiger partial charge in [-0.1, -0.05) is 36.4 Å². The third kappa shape index (κ3) is 6.13. The van der Waals surface area contributed by atoms with E-state index in [4.69, 9.17) is 4.74 Å². The summed E-state index contributed by atoms with van der Waals surface area (Å²) in [4.78, 5) is 29.6. The van der Waals surface area contributed by atoms with E-state index in [0.717, 1.165) is 57.7 Å². The van der Waals surface area contributed by atoms with Gasteiger partial charge in [0.15, 0.2) is 6.61 Å². The first kappa shape index (κ1) is 24.1. The molecule has 0 aromatic heterocycles. The highest BCUT2D eigenvalue weighted by Gasteiger charge is 2.18. The van der Waals surface area contributed by atoms with Gasteiger partial charge in [-0.05, 0) is 78.8 Å². The second kappa shape index (κ2) is 11.4. The lowest BCUT2D eigenvalue weighted by molar-refractivity contribution is -0.119. The van der Waals surface area contributed by atoms with Gasteiger partial charge in [0, 0.05) is 44.1 Å². The molecule has 1 N–H and O–H groups in total. The minimum absolute atomic E-state index is 0.305. The zero-order valence-corrected chi connectivity index (χ0v) is 20.6. The van der Waals surface area contributed by atoms with Gasteiger partial charge in [0.25, 0.3) is 5.91 Å². The number of hydrogen-bond acceptors (Lipinski definition) is 5. The highest BCUT2D eigenvalue weighted by Crippen LogP contribution is 2.23. The van der Waals surface area contributed by atoms with Crippen LogP contribution < -0.4 is 10.2 Å². The first-order valence-electron chi connectivity index (χ1n) is 12.8. The smallest absolute Gasteiger partial charge is 0.338 e. The number of carbonyl (C=O) groups is 2. The van der Waals surface area contributed by atoms with Gasteiger partial charge in [0.2, 0.25) is 0 Å². The lowest BCUT2D eigenvalue weighted by Crippen LogP contribution is -2.45. The Morgan fingerprint density at radius 2 is 1.53 bits per heavy atom. The highest BCUT2D eigenvalue weighted by molar-refractivity contribution is 5.95. The van der Waals surface area contributed by atoms with E-state index < -0.39 is 5.97 Å². The molecule has 1 fully saturated rings. The zero-order valence-electron chi connectivity index (χ0n) is 20.6. The summed E-state index contributed by atoms with van der Waals surface area (Å²) >= 11 is 0. The minimum Gasteiger partial charge on any atom is -0.452 e. The van der Waals surface area contributed by atoms with Crippen LogP contribution in [0.3, 0.4) is 0 Å². The van der Waals surface area contributed by atoms with E-state index in [0.29, 0.717) is 11.3 Å². The highest BCUT2D eigenvalue weighted by atomic mass is 16.5. The van der Waals surface area contributed by atoms with Crippen LogP contribution in [0, 0.1) is 0 Å². The summed E-state index contributed by atoms with van der Waals surface area (Å²) in [5.41, 5.74) is 6.23. The van der Waals surface area contributed by atoms with Crippen molar-refractivity contribution in [1.82, 2.24) is 4.90 Å². The number of aryl methyl sites for hydroxylation is 2. The van der Waals surface area contributed by atoms with E-state index in [1.807, 2.05) is 36.4 Å². The topological polar surface area (TPSA) is 61.9 Å². The fraction of sp³-hybridized carbons (Fsp3) is 0.333. The third-order valence-corrected chi connectivity index (χ3v) is 7.06. The molecule has 1 aliphatic carbocycles. The normalized spacial score (nSPS) is 15.7. The van der Waals surface area contributed by atoms with Crippen molar-refractivity contribution in [2.24, 2.45) is 0 Å². The molecule has 0 unspecified atom stereocenters. The van der Waals surface area contributed by atoms with E-state index in [1.54, 1.807) is 6.07 Å². The first-order chi connectivity index (χ1) is 17.6. The molecule has 1 aliphatic heterocycles. The predicted octanol–water partition coefficient (Wildman–Crippen LogP) is 4.68. The molecule has 0 radical (unpaired) electrons. The number of anilines is 2. The summed E-state index contributed by atoms with van der Waals surface area (Å²) in [6.45, 7) is 4.65. The van der Waals surface area contributed by atoms with Gasteiger partial charge in [0.1, 0.15) is 0 Å². The van der Waals surface area contributed by atoms with Gasteiger partial charge in [-0.15, -0.1) is 0 Å². The number of ether oxygens (including phenoxy) is 1. The standard InChI is InChI=1S/C30H33N3O3/c34-29(22-36-30(35)26-11-10-24-8-4-5-9-25(24)20-26)31-27-12-14-28(15-13-27)33-18-16-32(17-19-33)21-23-6-2-1-3-7-23/h1-3,6-7,10-15,20H,4-5,8-9,16-19,21-22H2,(H,31,34). The number of piperazine rings is 1. The number of hydrogen-bond donors (Lipinski definition) is 1. The van der Waals surface area contributed by atoms with Gasteiger partial charge >= 0.3 is 5.97 Å². The van der Waals surface area contributed by atoms with Crippen LogP contribution in [0.15, 0.2) is 72.8 Å². The Labute approximate surface area is 212 Å². The molecule has 1 amide bonds. The zero-order chi connectivity index (χ0) is 24.7. The predicted molar refractivity (Wildman–Crippen MR) is 142 cm³/mol. The van der Waals surface area contributed by atoms with E-state index in [1.165, 1.54) is 23.1 Å². The van der Waals surface area contributed by atoms with E-state index >= 15 is 0 Å². The number of amides is 1. The summed E-state index contributed by atoms with van der Waals surface area (Å²) in [7, 11) is 0. The van der Waals surface area contributed by atoms with Crippen LogP contribution in [-0.4, -0.2) is 49.6 Å². The molecule has 1 heterocycles. The molecule has 5 rings (SSSR count). The fourth-order valence-electron chi connectivity index (χ4n) is 5.03. The average molecular weight is 484 g/mol. The lowest BCUT2D eigenvalue weighted by Gasteiger charge is -2.36. The monoisotopic (exact) mass is 483 g/mol. The van der Waals surface area contributed by atoms with Crippen molar-refractivity contribution >= 4 is 23.3 Å². The molecule has 0 spiro atoms. The van der Waals surface area contributed by atoms with E-state index in [9.17, 15) is 9.59 Å². The molecular formula is C30H33N3O3. The van der Waals surface area contributed by atoms with Gasteiger partial charge in [-0.3, -0.25) is 9.69 Å². The lowest BCUT2D eigenvalue weighted by atomic mass is 9.90. The Morgan fingerprint density at radius 3 is 2.28 bits per heavy atom. The molecular weight excluding hydrogens is 450 g/mol. The fourth-order valence-corrected chi connectivity index (χ4v) is 5.03. The first-order valence-corrected chi connectivity index (χ1v) is 12.8. The molecule has 0 saturated carbocycles. The molecule has 36 heavy (non-hydrogen) atoms. The molecule has 3 aromatic carbocycles. The van der Waals surface area contributed by atoms with Crippen LogP contribution in [-0.2, 0) is 28.9 Å². The minimum atomic E-state index is -0.458. The van der Waals surface area contributed by atoms with Crippen LogP contribution in [0.5, 0.6) is 0 Å². The number of esters is 1. The summed E-state index contributed by atoms with van der Waals surface area (Å²) < 4.78 is 5.26. The maximum absolute atomic E-state index is 12.4. The van der Waals surface area contributed by atoms with Crippen molar-refractivity contribution in [2.45, 2.75) is 32.2 Å². The maximum Gasteiger partial charge on any atom is 0.338 e. The third-order valence-electron chi connectivity index (χ3n) is 7.06. The van der Waals surface area contributed by atoms with Crippen LogP contribution in [0.4, 0.5) is 11.4 Å². The van der Waals surface area contributed by atoms with Crippen molar-refractivity contribution in [3.8, 4) is 0 Å². The van der Waals surface area contributed by atoms with Crippen molar-refractivity contribution in [3.05, 3.63) is 95.1 Å². The summed E-state index contributed by atoms with van der Waals surface area (Å²) in [5.74, 6) is -0.802. The second-order valence-corrected chi connectivity index (χ2v) is 9.61. The molecule has 2 aliphatic rings. The van der Waals surface area contributed by atoms with Gasteiger partial charge in [0.05, 0.1) is 5.56 Å². The quantitative estimate of drug-likeness (QED) is 0.495. The number of benzene rings is 3. The van der Waals surface area contributed by atoms with E-state index in [2.05, 4.69) is 45.4 Å². The Hall–Kier alpha value is -3.64. The molecule has 6 heteroatoms. The molecule has 1 saturated heterocycles. The maximum atomic E-state index is 12.4. The number of fused-ring (bicyclic) bond motifs is 1. The second-order valence-electron chi connectivity index (χ2n) is 9.61. The van der Waals surface area contributed by atoms with Gasteiger partial charge < -0.3 is 15.0 Å². The SMILES string of the molecule is O=C(COC(=O)c1ccc2c(c1)CCCC2)Nc1ccc(N2CCN(Cc3ccccc3)CC2)cc1. The van der Waals surface area contributed by atoms with Crippen molar-refractivity contribution in [1.29, 1.82) is 0 Å². The number of nitrogens with zero attached hydrogens (tertiary/aromatic N) is 2. The molecule has 3 aromatic rings. The number of carbonyl (C=O) groups excluding carboxylic acids is 2. The Kier molecular flexibility index (Phi) is 7.62. The molecule has 6 nitrogen and oxygen atoms in total. The molecule has 0 atom stereocenters. The van der Waals surface area contributed by atoms with Crippen LogP contribution in [0.25, 0.3) is 0 Å². The Morgan fingerprint density at radius 1 is 0.806 bits per heavy atom. The Balaban J connectivity index is 1.07. The average Bonchev–Trinajstić information content (AvgIpc) is 2.93. The number of nitrogens with one attached hydrogen (secondary N) is 1. The van der Waals surface area contributed by atoms with Crippen molar-refractivity contribution in [2.75, 3.05) is 43.0 Å².